The fraction of sp³-hybridized carbons (Fsp3) is 0.308. The Kier molecular flexibility index (Phi) is 7.49. The number of amides is 2. The number of halogens is 6. The predicted octanol–water partition coefficient (Wildman–Crippen LogP) is 7.68. The zero-order valence-corrected chi connectivity index (χ0v) is 19.8. The second-order valence-corrected chi connectivity index (χ2v) is 9.26. The Morgan fingerprint density at radius 1 is 0.917 bits per heavy atom. The van der Waals surface area contributed by atoms with E-state index in [4.69, 9.17) is 11.6 Å². The molecule has 0 bridgehead atoms. The third kappa shape index (κ3) is 5.61. The monoisotopic (exact) mass is 523 g/mol. The lowest BCUT2D eigenvalue weighted by molar-refractivity contribution is -0.137. The van der Waals surface area contributed by atoms with Gasteiger partial charge >= 0.3 is 12.2 Å². The van der Waals surface area contributed by atoms with Crippen LogP contribution in [0.4, 0.5) is 32.4 Å². The van der Waals surface area contributed by atoms with Gasteiger partial charge < -0.3 is 10.6 Å². The van der Waals surface area contributed by atoms with Gasteiger partial charge in [-0.15, -0.1) is 0 Å². The average Bonchev–Trinajstić information content (AvgIpc) is 2.83. The van der Waals surface area contributed by atoms with Gasteiger partial charge in [0.15, 0.2) is 0 Å². The summed E-state index contributed by atoms with van der Waals surface area (Å²) in [6.45, 7) is 0. The molecule has 1 saturated carbocycles. The topological polar surface area (TPSA) is 54.0 Å². The number of hydrogen-bond acceptors (Lipinski definition) is 2. The summed E-state index contributed by atoms with van der Waals surface area (Å²) in [6.07, 6.45) is 0.0954. The minimum Gasteiger partial charge on any atom is -0.322 e. The molecular formula is C26H23ClF5N3O. The highest BCUT2D eigenvalue weighted by Crippen LogP contribution is 2.45. The second kappa shape index (κ2) is 10.4. The summed E-state index contributed by atoms with van der Waals surface area (Å²) in [5.41, 5.74) is -2.54. The number of carbonyl (C=O) groups excluding carboxylic acids is 1. The number of carbonyl (C=O) groups is 1. The van der Waals surface area contributed by atoms with Crippen LogP contribution >= 0.6 is 11.6 Å². The first kappa shape index (κ1) is 25.9. The summed E-state index contributed by atoms with van der Waals surface area (Å²) >= 11 is 6.03. The van der Waals surface area contributed by atoms with Gasteiger partial charge in [0.25, 0.3) is 0 Å². The minimum absolute atomic E-state index is 0.0917. The molecule has 2 aromatic carbocycles. The number of nitrogens with zero attached hydrogens (tertiary/aromatic N) is 1. The van der Waals surface area contributed by atoms with E-state index in [1.165, 1.54) is 36.5 Å². The highest BCUT2D eigenvalue weighted by Gasteiger charge is 2.46. The summed E-state index contributed by atoms with van der Waals surface area (Å²) in [6, 6.07) is 9.65. The fourth-order valence-corrected chi connectivity index (χ4v) is 4.98. The molecule has 0 unspecified atom stereocenters. The van der Waals surface area contributed by atoms with Crippen molar-refractivity contribution in [2.45, 2.75) is 43.8 Å². The number of alkyl halides is 3. The Hall–Kier alpha value is -3.20. The van der Waals surface area contributed by atoms with Crippen LogP contribution in [0.3, 0.4) is 0 Å². The van der Waals surface area contributed by atoms with Crippen LogP contribution in [0.15, 0.2) is 60.8 Å². The lowest BCUT2D eigenvalue weighted by Crippen LogP contribution is -2.54. The molecule has 0 aliphatic heterocycles. The number of hydrogen-bond donors (Lipinski definition) is 2. The highest BCUT2D eigenvalue weighted by atomic mass is 35.5. The van der Waals surface area contributed by atoms with Crippen LogP contribution in [-0.2, 0) is 11.7 Å². The molecule has 0 spiro atoms. The Morgan fingerprint density at radius 3 is 2.28 bits per heavy atom. The SMILES string of the molecule is O=C(Nc1cccc(F)c1)N[C@](c1cc(F)cc(C(F)(F)F)c1)(c1ccc(Cl)cn1)C1CCCCC1. The Bertz CT molecular complexity index is 1230. The van der Waals surface area contributed by atoms with E-state index >= 15 is 0 Å². The largest absolute Gasteiger partial charge is 0.416 e. The van der Waals surface area contributed by atoms with Crippen molar-refractivity contribution in [2.24, 2.45) is 5.92 Å². The molecule has 1 fully saturated rings. The van der Waals surface area contributed by atoms with Crippen molar-refractivity contribution in [1.82, 2.24) is 10.3 Å². The summed E-state index contributed by atoms with van der Waals surface area (Å²) in [5.74, 6) is -2.08. The minimum atomic E-state index is -4.81. The Balaban J connectivity index is 1.89. The molecule has 2 N–H and O–H groups in total. The third-order valence-corrected chi connectivity index (χ3v) is 6.65. The molecule has 1 atom stereocenters. The summed E-state index contributed by atoms with van der Waals surface area (Å²) < 4.78 is 69.4. The molecule has 36 heavy (non-hydrogen) atoms. The van der Waals surface area contributed by atoms with Crippen molar-refractivity contribution in [3.63, 3.8) is 0 Å². The Labute approximate surface area is 209 Å². The first-order valence-corrected chi connectivity index (χ1v) is 11.8. The first-order valence-electron chi connectivity index (χ1n) is 11.4. The molecule has 0 radical (unpaired) electrons. The molecular weight excluding hydrogens is 501 g/mol. The van der Waals surface area contributed by atoms with E-state index in [0.29, 0.717) is 18.9 Å². The molecule has 1 heterocycles. The van der Waals surface area contributed by atoms with Crippen molar-refractivity contribution in [3.8, 4) is 0 Å². The van der Waals surface area contributed by atoms with Crippen LogP contribution in [0.25, 0.3) is 0 Å². The van der Waals surface area contributed by atoms with E-state index in [0.717, 1.165) is 37.5 Å². The number of benzene rings is 2. The standard InChI is InChI=1S/C26H23ClF5N3O/c27-19-9-10-23(33-15-19)25(16-5-2-1-3-6-16,17-11-18(26(30,31)32)13-21(29)12-17)35-24(36)34-22-8-4-7-20(28)14-22/h4,7-16H,1-3,5-6H2,(H2,34,35,36)/t25-/m1/s1. The lowest BCUT2D eigenvalue weighted by atomic mass is 9.68. The van der Waals surface area contributed by atoms with E-state index < -0.39 is 40.9 Å². The van der Waals surface area contributed by atoms with Gasteiger partial charge in [-0.1, -0.05) is 36.9 Å². The van der Waals surface area contributed by atoms with Crippen LogP contribution < -0.4 is 10.6 Å². The third-order valence-electron chi connectivity index (χ3n) is 6.42. The van der Waals surface area contributed by atoms with E-state index in [9.17, 15) is 26.7 Å². The van der Waals surface area contributed by atoms with Crippen molar-refractivity contribution in [1.29, 1.82) is 0 Å². The molecule has 3 aromatic rings. The zero-order chi connectivity index (χ0) is 25.9. The quantitative estimate of drug-likeness (QED) is 0.337. The number of urea groups is 1. The van der Waals surface area contributed by atoms with Gasteiger partial charge in [-0.25, -0.2) is 13.6 Å². The van der Waals surface area contributed by atoms with Crippen LogP contribution in [0.1, 0.15) is 48.9 Å². The number of aromatic nitrogens is 1. The van der Waals surface area contributed by atoms with Crippen molar-refractivity contribution >= 4 is 23.3 Å². The molecule has 2 amide bonds. The maximum absolute atomic E-state index is 14.7. The number of pyridine rings is 1. The molecule has 10 heteroatoms. The number of rotatable bonds is 5. The molecule has 4 nitrogen and oxygen atoms in total. The molecule has 1 aliphatic carbocycles. The maximum atomic E-state index is 14.7. The van der Waals surface area contributed by atoms with Crippen molar-refractivity contribution in [3.05, 3.63) is 94.3 Å². The van der Waals surface area contributed by atoms with Crippen LogP contribution in [0.5, 0.6) is 0 Å². The number of nitrogens with one attached hydrogen (secondary N) is 2. The number of anilines is 1. The fourth-order valence-electron chi connectivity index (χ4n) is 4.86. The van der Waals surface area contributed by atoms with E-state index in [1.807, 2.05) is 0 Å². The normalized spacial score (nSPS) is 16.3. The molecule has 4 rings (SSSR count). The summed E-state index contributed by atoms with van der Waals surface area (Å²) in [7, 11) is 0. The van der Waals surface area contributed by atoms with E-state index in [1.54, 1.807) is 0 Å². The van der Waals surface area contributed by atoms with Gasteiger partial charge in [-0.05, 0) is 72.9 Å². The summed E-state index contributed by atoms with van der Waals surface area (Å²) in [4.78, 5) is 17.6. The first-order chi connectivity index (χ1) is 17.1. The van der Waals surface area contributed by atoms with Gasteiger partial charge in [-0.3, -0.25) is 4.98 Å². The maximum Gasteiger partial charge on any atom is 0.416 e. The smallest absolute Gasteiger partial charge is 0.322 e. The molecule has 0 saturated heterocycles. The van der Waals surface area contributed by atoms with Crippen molar-refractivity contribution in [2.75, 3.05) is 5.32 Å². The highest BCUT2D eigenvalue weighted by molar-refractivity contribution is 6.30. The van der Waals surface area contributed by atoms with Gasteiger partial charge in [0, 0.05) is 11.9 Å². The summed E-state index contributed by atoms with van der Waals surface area (Å²) in [5, 5.41) is 5.63. The van der Waals surface area contributed by atoms with Crippen molar-refractivity contribution < 1.29 is 26.7 Å². The molecule has 190 valence electrons. The molecule has 1 aliphatic rings. The Morgan fingerprint density at radius 2 is 1.64 bits per heavy atom. The van der Waals surface area contributed by atoms with Gasteiger partial charge in [0.05, 0.1) is 16.3 Å². The van der Waals surface area contributed by atoms with Gasteiger partial charge in [0.2, 0.25) is 0 Å². The van der Waals surface area contributed by atoms with E-state index in [-0.39, 0.29) is 22.0 Å². The van der Waals surface area contributed by atoms with Gasteiger partial charge in [0.1, 0.15) is 17.2 Å². The molecule has 1 aromatic heterocycles. The van der Waals surface area contributed by atoms with Crippen LogP contribution in [-0.4, -0.2) is 11.0 Å². The van der Waals surface area contributed by atoms with Crippen LogP contribution in [0.2, 0.25) is 5.02 Å². The average molecular weight is 524 g/mol. The van der Waals surface area contributed by atoms with E-state index in [2.05, 4.69) is 15.6 Å². The van der Waals surface area contributed by atoms with Gasteiger partial charge in [-0.2, -0.15) is 13.2 Å². The van der Waals surface area contributed by atoms with Crippen LogP contribution in [0, 0.1) is 17.6 Å². The predicted molar refractivity (Wildman–Crippen MR) is 127 cm³/mol. The second-order valence-electron chi connectivity index (χ2n) is 8.82. The lowest BCUT2D eigenvalue weighted by Gasteiger charge is -2.43. The zero-order valence-electron chi connectivity index (χ0n) is 19.0.